The minimum atomic E-state index is -0.768. The lowest BCUT2D eigenvalue weighted by Gasteiger charge is -2.15. The van der Waals surface area contributed by atoms with Crippen LogP contribution >= 0.6 is 0 Å². The zero-order valence-electron chi connectivity index (χ0n) is 14.7. The number of carbonyl (C=O) groups is 3. The van der Waals surface area contributed by atoms with Crippen molar-refractivity contribution in [3.8, 4) is 0 Å². The summed E-state index contributed by atoms with van der Waals surface area (Å²) in [6.07, 6.45) is 0. The molecule has 0 atom stereocenters. The minimum absolute atomic E-state index is 0.0102. The van der Waals surface area contributed by atoms with Crippen LogP contribution in [0.1, 0.15) is 23.6 Å². The molecule has 0 saturated heterocycles. The predicted octanol–water partition coefficient (Wildman–Crippen LogP) is 3.10. The van der Waals surface area contributed by atoms with Crippen molar-refractivity contribution in [2.75, 3.05) is 10.2 Å². The van der Waals surface area contributed by atoms with Gasteiger partial charge in [0.2, 0.25) is 5.91 Å². The summed E-state index contributed by atoms with van der Waals surface area (Å²) in [5.74, 6) is -2.13. The maximum absolute atomic E-state index is 12.8. The van der Waals surface area contributed by atoms with E-state index in [-0.39, 0.29) is 11.5 Å². The monoisotopic (exact) mass is 350 g/mol. The minimum Gasteiger partial charge on any atom is -0.502 e. The van der Waals surface area contributed by atoms with Gasteiger partial charge in [0.05, 0.1) is 11.3 Å². The first-order valence-corrected chi connectivity index (χ1v) is 8.07. The number of rotatable bonds is 3. The van der Waals surface area contributed by atoms with Gasteiger partial charge in [0, 0.05) is 12.6 Å². The Balaban J connectivity index is 1.95. The van der Waals surface area contributed by atoms with Gasteiger partial charge in [-0.15, -0.1) is 0 Å². The average Bonchev–Trinajstić information content (AvgIpc) is 2.80. The van der Waals surface area contributed by atoms with Gasteiger partial charge in [0.1, 0.15) is 0 Å². The van der Waals surface area contributed by atoms with Crippen LogP contribution in [-0.4, -0.2) is 22.8 Å². The lowest BCUT2D eigenvalue weighted by Crippen LogP contribution is -2.31. The largest absolute Gasteiger partial charge is 0.502 e. The second kappa shape index (κ2) is 6.48. The van der Waals surface area contributed by atoms with E-state index in [9.17, 15) is 19.5 Å². The summed E-state index contributed by atoms with van der Waals surface area (Å²) >= 11 is 0. The van der Waals surface area contributed by atoms with Crippen molar-refractivity contribution in [1.29, 1.82) is 0 Å². The highest BCUT2D eigenvalue weighted by molar-refractivity contribution is 6.44. The Morgan fingerprint density at radius 1 is 0.962 bits per heavy atom. The van der Waals surface area contributed by atoms with Crippen molar-refractivity contribution in [3.63, 3.8) is 0 Å². The zero-order chi connectivity index (χ0) is 19.0. The van der Waals surface area contributed by atoms with Gasteiger partial charge in [-0.25, -0.2) is 4.90 Å². The highest BCUT2D eigenvalue weighted by Gasteiger charge is 2.40. The van der Waals surface area contributed by atoms with E-state index in [2.05, 4.69) is 5.32 Å². The van der Waals surface area contributed by atoms with Crippen LogP contribution in [0.2, 0.25) is 0 Å². The van der Waals surface area contributed by atoms with Crippen molar-refractivity contribution < 1.29 is 19.5 Å². The van der Waals surface area contributed by atoms with Crippen molar-refractivity contribution in [1.82, 2.24) is 0 Å². The summed E-state index contributed by atoms with van der Waals surface area (Å²) < 4.78 is 0. The molecule has 2 N–H and O–H groups in total. The maximum Gasteiger partial charge on any atom is 0.301 e. The third kappa shape index (κ3) is 2.97. The van der Waals surface area contributed by atoms with E-state index in [1.165, 1.54) is 19.1 Å². The number of aliphatic hydroxyl groups excluding tert-OH is 1. The van der Waals surface area contributed by atoms with Gasteiger partial charge in [-0.3, -0.25) is 14.4 Å². The highest BCUT2D eigenvalue weighted by atomic mass is 16.3. The van der Waals surface area contributed by atoms with Gasteiger partial charge >= 0.3 is 5.91 Å². The first-order chi connectivity index (χ1) is 12.3. The molecular formula is C20H18N2O4. The van der Waals surface area contributed by atoms with Crippen LogP contribution in [0, 0.1) is 13.8 Å². The van der Waals surface area contributed by atoms with Gasteiger partial charge in [-0.2, -0.15) is 0 Å². The number of amides is 3. The Morgan fingerprint density at radius 3 is 2.19 bits per heavy atom. The molecule has 0 saturated carbocycles. The summed E-state index contributed by atoms with van der Waals surface area (Å²) in [7, 11) is 0. The van der Waals surface area contributed by atoms with E-state index >= 15 is 0 Å². The fraction of sp³-hybridized carbons (Fsp3) is 0.150. The van der Waals surface area contributed by atoms with E-state index < -0.39 is 17.6 Å². The Morgan fingerprint density at radius 2 is 1.62 bits per heavy atom. The molecule has 0 radical (unpaired) electrons. The molecule has 0 aliphatic carbocycles. The molecule has 2 aromatic carbocycles. The summed E-state index contributed by atoms with van der Waals surface area (Å²) in [4.78, 5) is 37.3. The number of carbonyl (C=O) groups excluding carboxylic acids is 3. The SMILES string of the molecule is CC(=O)Nc1ccc(N2C(=O)C(O)=C(c3ccc(C)c(C)c3)C2=O)cc1. The third-order valence-electron chi connectivity index (χ3n) is 4.30. The lowest BCUT2D eigenvalue weighted by molar-refractivity contribution is -0.121. The summed E-state index contributed by atoms with van der Waals surface area (Å²) in [5, 5.41) is 12.9. The molecule has 3 rings (SSSR count). The van der Waals surface area contributed by atoms with Gasteiger partial charge in [0.25, 0.3) is 5.91 Å². The van der Waals surface area contributed by atoms with Crippen LogP contribution < -0.4 is 10.2 Å². The van der Waals surface area contributed by atoms with Crippen LogP contribution in [0.4, 0.5) is 11.4 Å². The Labute approximate surface area is 150 Å². The Kier molecular flexibility index (Phi) is 4.34. The number of hydrogen-bond acceptors (Lipinski definition) is 4. The van der Waals surface area contributed by atoms with Crippen LogP contribution in [0.15, 0.2) is 48.2 Å². The van der Waals surface area contributed by atoms with Crippen molar-refractivity contribution >= 4 is 34.7 Å². The highest BCUT2D eigenvalue weighted by Crippen LogP contribution is 2.33. The number of benzene rings is 2. The Bertz CT molecular complexity index is 958. The van der Waals surface area contributed by atoms with Gasteiger partial charge < -0.3 is 10.4 Å². The number of aryl methyl sites for hydroxylation is 2. The number of hydrogen-bond donors (Lipinski definition) is 2. The number of nitrogens with zero attached hydrogens (tertiary/aromatic N) is 1. The van der Waals surface area contributed by atoms with Crippen LogP contribution in [-0.2, 0) is 14.4 Å². The van der Waals surface area contributed by atoms with Crippen molar-refractivity contribution in [3.05, 3.63) is 64.9 Å². The molecule has 0 unspecified atom stereocenters. The lowest BCUT2D eigenvalue weighted by atomic mass is 10.00. The quantitative estimate of drug-likeness (QED) is 0.833. The molecule has 132 valence electrons. The second-order valence-corrected chi connectivity index (χ2v) is 6.20. The standard InChI is InChI=1S/C20H18N2O4/c1-11-4-5-14(10-12(11)2)17-18(24)20(26)22(19(17)25)16-8-6-15(7-9-16)21-13(3)23/h4-10,24H,1-3H3,(H,21,23). The summed E-state index contributed by atoms with van der Waals surface area (Å²) in [6, 6.07) is 11.6. The predicted molar refractivity (Wildman–Crippen MR) is 98.7 cm³/mol. The molecule has 3 amide bonds. The fourth-order valence-corrected chi connectivity index (χ4v) is 2.81. The Hall–Kier alpha value is -3.41. The van der Waals surface area contributed by atoms with E-state index in [1.54, 1.807) is 24.3 Å². The normalized spacial score (nSPS) is 14.2. The molecule has 1 heterocycles. The third-order valence-corrected chi connectivity index (χ3v) is 4.30. The summed E-state index contributed by atoms with van der Waals surface area (Å²) in [5.41, 5.74) is 3.37. The number of aliphatic hydroxyl groups is 1. The van der Waals surface area contributed by atoms with Crippen LogP contribution in [0.25, 0.3) is 5.57 Å². The fourth-order valence-electron chi connectivity index (χ4n) is 2.81. The molecule has 6 nitrogen and oxygen atoms in total. The molecule has 0 aromatic heterocycles. The molecule has 26 heavy (non-hydrogen) atoms. The molecule has 1 aliphatic heterocycles. The smallest absolute Gasteiger partial charge is 0.301 e. The molecular weight excluding hydrogens is 332 g/mol. The topological polar surface area (TPSA) is 86.7 Å². The number of imide groups is 1. The first kappa shape index (κ1) is 17.4. The van der Waals surface area contributed by atoms with E-state index in [1.807, 2.05) is 19.9 Å². The maximum atomic E-state index is 12.8. The average molecular weight is 350 g/mol. The zero-order valence-corrected chi connectivity index (χ0v) is 14.7. The van der Waals surface area contributed by atoms with Crippen molar-refractivity contribution in [2.45, 2.75) is 20.8 Å². The molecule has 0 spiro atoms. The molecule has 0 fully saturated rings. The molecule has 0 bridgehead atoms. The number of anilines is 2. The number of nitrogens with one attached hydrogen (secondary N) is 1. The molecule has 6 heteroatoms. The second-order valence-electron chi connectivity index (χ2n) is 6.20. The van der Waals surface area contributed by atoms with Crippen molar-refractivity contribution in [2.24, 2.45) is 0 Å². The first-order valence-electron chi connectivity index (χ1n) is 8.07. The van der Waals surface area contributed by atoms with E-state index in [0.29, 0.717) is 16.9 Å². The van der Waals surface area contributed by atoms with Gasteiger partial charge in [0.15, 0.2) is 5.76 Å². The van der Waals surface area contributed by atoms with Crippen LogP contribution in [0.3, 0.4) is 0 Å². The van der Waals surface area contributed by atoms with Gasteiger partial charge in [-0.05, 0) is 54.8 Å². The molecule has 1 aliphatic rings. The molecule has 2 aromatic rings. The van der Waals surface area contributed by atoms with E-state index in [4.69, 9.17) is 0 Å². The summed E-state index contributed by atoms with van der Waals surface area (Å²) in [6.45, 7) is 5.23. The van der Waals surface area contributed by atoms with Gasteiger partial charge in [-0.1, -0.05) is 18.2 Å². The van der Waals surface area contributed by atoms with Crippen LogP contribution in [0.5, 0.6) is 0 Å². The van der Waals surface area contributed by atoms with E-state index in [0.717, 1.165) is 16.0 Å².